The van der Waals surface area contributed by atoms with Crippen LogP contribution >= 0.6 is 12.2 Å². The molecule has 0 spiro atoms. The molecule has 3 atom stereocenters. The van der Waals surface area contributed by atoms with E-state index in [1.165, 1.54) is 18.6 Å². The number of fused-ring (bicyclic) bond motifs is 2. The van der Waals surface area contributed by atoms with Gasteiger partial charge >= 0.3 is 0 Å². The lowest BCUT2D eigenvalue weighted by molar-refractivity contribution is -0.121. The minimum Gasteiger partial charge on any atom is -0.389 e. The maximum absolute atomic E-state index is 13.9. The number of amides is 1. The van der Waals surface area contributed by atoms with Gasteiger partial charge in [-0.2, -0.15) is 0 Å². The molecule has 3 rings (SSSR count). The molecule has 3 unspecified atom stereocenters. The van der Waals surface area contributed by atoms with E-state index in [2.05, 4.69) is 5.32 Å². The number of nitrogens with two attached hydrogens (primary N) is 1. The molecule has 2 aliphatic rings. The van der Waals surface area contributed by atoms with Crippen LogP contribution in [0.2, 0.25) is 0 Å². The molecule has 0 aliphatic heterocycles. The first kappa shape index (κ1) is 13.5. The van der Waals surface area contributed by atoms with Gasteiger partial charge in [0.05, 0.1) is 5.69 Å². The van der Waals surface area contributed by atoms with Crippen molar-refractivity contribution in [2.24, 2.45) is 23.5 Å². The molecular weight excluding hydrogens is 275 g/mol. The first-order valence-electron chi connectivity index (χ1n) is 6.95. The molecular formula is C15H17FN2OS. The molecule has 1 aromatic rings. The molecule has 3 N–H and O–H groups in total. The van der Waals surface area contributed by atoms with Gasteiger partial charge in [0.25, 0.3) is 0 Å². The van der Waals surface area contributed by atoms with E-state index in [0.29, 0.717) is 17.4 Å². The zero-order valence-corrected chi connectivity index (χ0v) is 11.9. The highest BCUT2D eigenvalue weighted by Gasteiger charge is 2.43. The van der Waals surface area contributed by atoms with Crippen LogP contribution in [-0.2, 0) is 4.79 Å². The van der Waals surface area contributed by atoms with Gasteiger partial charge in [0.15, 0.2) is 0 Å². The molecule has 2 fully saturated rings. The molecule has 2 saturated carbocycles. The molecule has 0 radical (unpaired) electrons. The molecule has 5 heteroatoms. The Labute approximate surface area is 122 Å². The number of rotatable bonds is 3. The van der Waals surface area contributed by atoms with Crippen molar-refractivity contribution in [2.45, 2.75) is 25.7 Å². The van der Waals surface area contributed by atoms with E-state index < -0.39 is 5.82 Å². The summed E-state index contributed by atoms with van der Waals surface area (Å²) in [6.45, 7) is 0. The maximum atomic E-state index is 13.9. The molecule has 20 heavy (non-hydrogen) atoms. The smallest absolute Gasteiger partial charge is 0.227 e. The van der Waals surface area contributed by atoms with E-state index >= 15 is 0 Å². The number of carbonyl (C=O) groups excluding carboxylic acids is 1. The number of halogens is 1. The fraction of sp³-hybridized carbons (Fsp3) is 0.467. The summed E-state index contributed by atoms with van der Waals surface area (Å²) in [5.41, 5.74) is 6.13. The summed E-state index contributed by atoms with van der Waals surface area (Å²) in [5.74, 6) is 0.672. The lowest BCUT2D eigenvalue weighted by Crippen LogP contribution is -2.27. The number of benzene rings is 1. The summed E-state index contributed by atoms with van der Waals surface area (Å²) in [6, 6.07) is 4.41. The normalized spacial score (nSPS) is 27.6. The summed E-state index contributed by atoms with van der Waals surface area (Å²) in [7, 11) is 0. The Morgan fingerprint density at radius 1 is 1.35 bits per heavy atom. The largest absolute Gasteiger partial charge is 0.389 e. The van der Waals surface area contributed by atoms with Crippen molar-refractivity contribution in [1.29, 1.82) is 0 Å². The van der Waals surface area contributed by atoms with Crippen LogP contribution in [0.5, 0.6) is 0 Å². The second kappa shape index (κ2) is 5.13. The Hall–Kier alpha value is -1.49. The Morgan fingerprint density at radius 2 is 2.15 bits per heavy atom. The number of nitrogens with one attached hydrogen (secondary N) is 1. The molecule has 0 aromatic heterocycles. The molecule has 2 bridgehead atoms. The van der Waals surface area contributed by atoms with Crippen molar-refractivity contribution in [2.75, 3.05) is 5.32 Å². The van der Waals surface area contributed by atoms with Crippen LogP contribution in [0.1, 0.15) is 31.2 Å². The number of hydrogen-bond donors (Lipinski definition) is 2. The summed E-state index contributed by atoms with van der Waals surface area (Å²) >= 11 is 4.80. The maximum Gasteiger partial charge on any atom is 0.227 e. The highest BCUT2D eigenvalue weighted by atomic mass is 32.1. The van der Waals surface area contributed by atoms with Crippen LogP contribution in [-0.4, -0.2) is 10.9 Å². The van der Waals surface area contributed by atoms with Gasteiger partial charge in [0.1, 0.15) is 10.8 Å². The van der Waals surface area contributed by atoms with Crippen molar-refractivity contribution < 1.29 is 9.18 Å². The second-order valence-corrected chi connectivity index (χ2v) is 6.27. The minimum absolute atomic E-state index is 0.0448. The Morgan fingerprint density at radius 3 is 2.70 bits per heavy atom. The van der Waals surface area contributed by atoms with Crippen molar-refractivity contribution in [3.63, 3.8) is 0 Å². The van der Waals surface area contributed by atoms with Crippen molar-refractivity contribution in [1.82, 2.24) is 0 Å². The monoisotopic (exact) mass is 292 g/mol. The molecule has 1 amide bonds. The zero-order chi connectivity index (χ0) is 14.3. The van der Waals surface area contributed by atoms with Gasteiger partial charge in [-0.1, -0.05) is 18.6 Å². The van der Waals surface area contributed by atoms with E-state index in [9.17, 15) is 9.18 Å². The highest BCUT2D eigenvalue weighted by molar-refractivity contribution is 7.80. The van der Waals surface area contributed by atoms with Crippen LogP contribution < -0.4 is 11.1 Å². The van der Waals surface area contributed by atoms with E-state index in [-0.39, 0.29) is 22.5 Å². The van der Waals surface area contributed by atoms with Gasteiger partial charge < -0.3 is 11.1 Å². The van der Waals surface area contributed by atoms with Gasteiger partial charge in [0, 0.05) is 11.5 Å². The van der Waals surface area contributed by atoms with E-state index in [4.69, 9.17) is 18.0 Å². The third kappa shape index (κ3) is 2.42. The molecule has 1 aromatic carbocycles. The van der Waals surface area contributed by atoms with Crippen molar-refractivity contribution >= 4 is 28.8 Å². The van der Waals surface area contributed by atoms with Gasteiger partial charge in [-0.15, -0.1) is 0 Å². The first-order valence-corrected chi connectivity index (χ1v) is 7.35. The third-order valence-electron chi connectivity index (χ3n) is 4.59. The zero-order valence-electron chi connectivity index (χ0n) is 11.1. The van der Waals surface area contributed by atoms with Crippen LogP contribution in [0.15, 0.2) is 18.2 Å². The van der Waals surface area contributed by atoms with Gasteiger partial charge in [-0.05, 0) is 49.3 Å². The first-order chi connectivity index (χ1) is 9.54. The van der Waals surface area contributed by atoms with Gasteiger partial charge in [0.2, 0.25) is 5.91 Å². The van der Waals surface area contributed by atoms with E-state index in [1.54, 1.807) is 6.07 Å². The fourth-order valence-electron chi connectivity index (χ4n) is 3.56. The quantitative estimate of drug-likeness (QED) is 0.842. The minimum atomic E-state index is -0.494. The highest BCUT2D eigenvalue weighted by Crippen LogP contribution is 2.48. The Kier molecular flexibility index (Phi) is 3.46. The number of anilines is 1. The summed E-state index contributed by atoms with van der Waals surface area (Å²) in [5, 5.41) is 2.71. The van der Waals surface area contributed by atoms with Crippen LogP contribution in [0.3, 0.4) is 0 Å². The van der Waals surface area contributed by atoms with Crippen LogP contribution in [0.4, 0.5) is 10.1 Å². The van der Waals surface area contributed by atoms with Crippen LogP contribution in [0.25, 0.3) is 0 Å². The summed E-state index contributed by atoms with van der Waals surface area (Å²) in [4.78, 5) is 12.4. The Bertz CT molecular complexity index is 575. The molecule has 3 nitrogen and oxygen atoms in total. The fourth-order valence-corrected chi connectivity index (χ4v) is 3.69. The van der Waals surface area contributed by atoms with Crippen LogP contribution in [0, 0.1) is 23.6 Å². The molecule has 106 valence electrons. The molecule has 0 saturated heterocycles. The number of carbonyl (C=O) groups is 1. The molecule has 2 aliphatic carbocycles. The second-order valence-electron chi connectivity index (χ2n) is 5.83. The van der Waals surface area contributed by atoms with Gasteiger partial charge in [-0.25, -0.2) is 4.39 Å². The molecule has 0 heterocycles. The third-order valence-corrected chi connectivity index (χ3v) is 4.82. The summed E-state index contributed by atoms with van der Waals surface area (Å²) < 4.78 is 13.9. The Balaban J connectivity index is 1.71. The standard InChI is InChI=1S/C15H17FN2OS/c16-12-7-10(14(17)20)3-4-13(12)18-15(19)11-6-8-1-2-9(11)5-8/h3-4,7-9,11H,1-2,5-6H2,(H2,17,20)(H,18,19). The van der Waals surface area contributed by atoms with Crippen molar-refractivity contribution in [3.8, 4) is 0 Å². The van der Waals surface area contributed by atoms with E-state index in [0.717, 1.165) is 19.3 Å². The number of thiocarbonyl (C=S) groups is 1. The average molecular weight is 292 g/mol. The summed E-state index contributed by atoms with van der Waals surface area (Å²) in [6.07, 6.45) is 4.47. The predicted molar refractivity (Wildman–Crippen MR) is 79.9 cm³/mol. The predicted octanol–water partition coefficient (Wildman–Crippen LogP) is 2.83. The SMILES string of the molecule is NC(=S)c1ccc(NC(=O)C2CC3CCC2C3)c(F)c1. The van der Waals surface area contributed by atoms with E-state index in [1.807, 2.05) is 0 Å². The van der Waals surface area contributed by atoms with Crippen molar-refractivity contribution in [3.05, 3.63) is 29.6 Å². The average Bonchev–Trinajstić information content (AvgIpc) is 3.03. The topological polar surface area (TPSA) is 55.1 Å². The number of hydrogen-bond acceptors (Lipinski definition) is 2. The lowest BCUT2D eigenvalue weighted by atomic mass is 9.88. The van der Waals surface area contributed by atoms with Gasteiger partial charge in [-0.3, -0.25) is 4.79 Å². The lowest BCUT2D eigenvalue weighted by Gasteiger charge is -2.21.